The largest absolute Gasteiger partial charge is 0.462 e. The topological polar surface area (TPSA) is 78.9 Å². The van der Waals surface area contributed by atoms with Crippen LogP contribution >= 0.6 is 0 Å². The maximum atomic E-state index is 12.0. The Balaban J connectivity index is 2.61. The lowest BCUT2D eigenvalue weighted by molar-refractivity contribution is -0.140. The van der Waals surface area contributed by atoms with Gasteiger partial charge in [-0.3, -0.25) is 0 Å². The highest BCUT2D eigenvalue weighted by atomic mass is 16.6. The summed E-state index contributed by atoms with van der Waals surface area (Å²) in [5, 5.41) is 0. The molecule has 0 unspecified atom stereocenters. The summed E-state index contributed by atoms with van der Waals surface area (Å²) < 4.78 is 14.6. The Labute approximate surface area is 128 Å². The van der Waals surface area contributed by atoms with Gasteiger partial charge in [-0.25, -0.2) is 14.4 Å². The minimum Gasteiger partial charge on any atom is -0.462 e. The first-order valence-corrected chi connectivity index (χ1v) is 6.73. The van der Waals surface area contributed by atoms with E-state index < -0.39 is 17.9 Å². The van der Waals surface area contributed by atoms with Crippen molar-refractivity contribution in [2.75, 3.05) is 19.8 Å². The molecule has 0 heterocycles. The number of hydrogen-bond donors (Lipinski definition) is 0. The molecule has 0 saturated heterocycles. The van der Waals surface area contributed by atoms with Crippen molar-refractivity contribution in [3.05, 3.63) is 47.5 Å². The Bertz CT molecular complexity index is 576. The molecule has 0 N–H and O–H groups in total. The van der Waals surface area contributed by atoms with Crippen LogP contribution in [0.2, 0.25) is 0 Å². The van der Waals surface area contributed by atoms with Gasteiger partial charge in [-0.2, -0.15) is 0 Å². The average molecular weight is 306 g/mol. The van der Waals surface area contributed by atoms with Crippen LogP contribution in [-0.4, -0.2) is 37.7 Å². The van der Waals surface area contributed by atoms with Crippen LogP contribution in [0.1, 0.15) is 34.6 Å². The second-order valence-electron chi connectivity index (χ2n) is 4.32. The molecule has 118 valence electrons. The highest BCUT2D eigenvalue weighted by Crippen LogP contribution is 2.12. The van der Waals surface area contributed by atoms with Crippen LogP contribution < -0.4 is 0 Å². The third-order valence-corrected chi connectivity index (χ3v) is 2.54. The van der Waals surface area contributed by atoms with Crippen LogP contribution in [0.4, 0.5) is 0 Å². The van der Waals surface area contributed by atoms with E-state index in [9.17, 15) is 14.4 Å². The Hall–Kier alpha value is -2.63. The number of hydrogen-bond acceptors (Lipinski definition) is 6. The third kappa shape index (κ3) is 5.05. The Morgan fingerprint density at radius 1 is 0.955 bits per heavy atom. The zero-order valence-corrected chi connectivity index (χ0v) is 12.6. The van der Waals surface area contributed by atoms with Gasteiger partial charge in [-0.05, 0) is 26.0 Å². The van der Waals surface area contributed by atoms with E-state index in [2.05, 4.69) is 6.58 Å². The molecule has 1 aromatic rings. The summed E-state index contributed by atoms with van der Waals surface area (Å²) >= 11 is 0. The molecule has 0 saturated carbocycles. The van der Waals surface area contributed by atoms with Gasteiger partial charge in [-0.1, -0.05) is 18.7 Å². The molecule has 22 heavy (non-hydrogen) atoms. The van der Waals surface area contributed by atoms with E-state index in [0.29, 0.717) is 0 Å². The molecule has 0 aliphatic carbocycles. The second kappa shape index (κ2) is 8.61. The number of carbonyl (C=O) groups excluding carboxylic acids is 3. The molecular formula is C16H18O6. The summed E-state index contributed by atoms with van der Waals surface area (Å²) in [6.45, 7) is 6.63. The molecule has 6 heteroatoms. The Morgan fingerprint density at radius 2 is 1.45 bits per heavy atom. The van der Waals surface area contributed by atoms with E-state index in [4.69, 9.17) is 14.2 Å². The zero-order chi connectivity index (χ0) is 16.5. The van der Waals surface area contributed by atoms with Gasteiger partial charge in [-0.15, -0.1) is 0 Å². The van der Waals surface area contributed by atoms with E-state index in [1.54, 1.807) is 19.1 Å². The fourth-order valence-electron chi connectivity index (χ4n) is 1.52. The summed E-state index contributed by atoms with van der Waals surface area (Å²) in [4.78, 5) is 34.9. The summed E-state index contributed by atoms with van der Waals surface area (Å²) in [5.41, 5.74) is 0.499. The van der Waals surface area contributed by atoms with Gasteiger partial charge < -0.3 is 14.2 Å². The highest BCUT2D eigenvalue weighted by molar-refractivity contribution is 6.03. The summed E-state index contributed by atoms with van der Waals surface area (Å²) in [7, 11) is 0. The van der Waals surface area contributed by atoms with Gasteiger partial charge in [0.2, 0.25) is 0 Å². The molecule has 0 atom stereocenters. The van der Waals surface area contributed by atoms with Crippen molar-refractivity contribution in [1.82, 2.24) is 0 Å². The fraction of sp³-hybridized carbons (Fsp3) is 0.312. The molecule has 0 amide bonds. The highest BCUT2D eigenvalue weighted by Gasteiger charge is 2.18. The summed E-state index contributed by atoms with van der Waals surface area (Å²) in [6, 6.07) is 6.18. The van der Waals surface area contributed by atoms with Crippen molar-refractivity contribution in [3.63, 3.8) is 0 Å². The number of benzene rings is 1. The van der Waals surface area contributed by atoms with E-state index in [0.717, 1.165) is 0 Å². The average Bonchev–Trinajstić information content (AvgIpc) is 2.51. The monoisotopic (exact) mass is 306 g/mol. The van der Waals surface area contributed by atoms with Crippen LogP contribution in [0.15, 0.2) is 36.4 Å². The van der Waals surface area contributed by atoms with Crippen molar-refractivity contribution in [1.29, 1.82) is 0 Å². The molecule has 0 bridgehead atoms. The van der Waals surface area contributed by atoms with Crippen LogP contribution in [0, 0.1) is 0 Å². The van der Waals surface area contributed by atoms with Crippen molar-refractivity contribution in [2.45, 2.75) is 13.8 Å². The van der Waals surface area contributed by atoms with Crippen LogP contribution in [0.5, 0.6) is 0 Å². The standard InChI is InChI=1S/C16H18O6/c1-4-20-15(18)12-7-5-6-8-13(12)16(19)22-10-9-21-14(17)11(2)3/h5-8H,2,4,9-10H2,1,3H3. The minimum absolute atomic E-state index is 0.0843. The lowest BCUT2D eigenvalue weighted by Crippen LogP contribution is -2.17. The van der Waals surface area contributed by atoms with E-state index >= 15 is 0 Å². The van der Waals surface area contributed by atoms with E-state index in [-0.39, 0.29) is 36.5 Å². The molecular weight excluding hydrogens is 288 g/mol. The first kappa shape index (κ1) is 17.4. The smallest absolute Gasteiger partial charge is 0.339 e. The molecule has 0 aliphatic heterocycles. The lowest BCUT2D eigenvalue weighted by atomic mass is 10.1. The first-order chi connectivity index (χ1) is 10.5. The number of esters is 3. The normalized spacial score (nSPS) is 9.73. The summed E-state index contributed by atoms with van der Waals surface area (Å²) in [5.74, 6) is -1.83. The van der Waals surface area contributed by atoms with Crippen LogP contribution in [0.3, 0.4) is 0 Å². The predicted molar refractivity (Wildman–Crippen MR) is 78.5 cm³/mol. The Kier molecular flexibility index (Phi) is 6.82. The van der Waals surface area contributed by atoms with E-state index in [1.807, 2.05) is 0 Å². The molecule has 0 radical (unpaired) electrons. The molecule has 0 fully saturated rings. The number of rotatable bonds is 7. The van der Waals surface area contributed by atoms with Gasteiger partial charge in [0.15, 0.2) is 0 Å². The van der Waals surface area contributed by atoms with Crippen LogP contribution in [0.25, 0.3) is 0 Å². The fourth-order valence-corrected chi connectivity index (χ4v) is 1.52. The number of ether oxygens (including phenoxy) is 3. The van der Waals surface area contributed by atoms with Crippen LogP contribution in [-0.2, 0) is 19.0 Å². The second-order valence-corrected chi connectivity index (χ2v) is 4.32. The Morgan fingerprint density at radius 3 is 1.95 bits per heavy atom. The molecule has 0 spiro atoms. The molecule has 0 aliphatic rings. The maximum Gasteiger partial charge on any atom is 0.339 e. The first-order valence-electron chi connectivity index (χ1n) is 6.73. The lowest BCUT2D eigenvalue weighted by Gasteiger charge is -2.09. The third-order valence-electron chi connectivity index (χ3n) is 2.54. The zero-order valence-electron chi connectivity index (χ0n) is 12.6. The molecule has 1 rings (SSSR count). The SMILES string of the molecule is C=C(C)C(=O)OCCOC(=O)c1ccccc1C(=O)OCC. The predicted octanol–water partition coefficient (Wildman–Crippen LogP) is 2.14. The minimum atomic E-state index is -0.685. The quantitative estimate of drug-likeness (QED) is 0.332. The van der Waals surface area contributed by atoms with Crippen molar-refractivity contribution < 1.29 is 28.6 Å². The van der Waals surface area contributed by atoms with Gasteiger partial charge in [0, 0.05) is 5.57 Å². The maximum absolute atomic E-state index is 12.0. The van der Waals surface area contributed by atoms with Gasteiger partial charge in [0.25, 0.3) is 0 Å². The summed E-state index contributed by atoms with van der Waals surface area (Å²) in [6.07, 6.45) is 0. The van der Waals surface area contributed by atoms with Crippen molar-refractivity contribution >= 4 is 17.9 Å². The van der Waals surface area contributed by atoms with Gasteiger partial charge in [0.1, 0.15) is 13.2 Å². The molecule has 1 aromatic carbocycles. The van der Waals surface area contributed by atoms with E-state index in [1.165, 1.54) is 19.1 Å². The molecule has 0 aromatic heterocycles. The van der Waals surface area contributed by atoms with Crippen molar-refractivity contribution in [3.8, 4) is 0 Å². The number of carbonyl (C=O) groups is 3. The molecule has 6 nitrogen and oxygen atoms in total. The van der Waals surface area contributed by atoms with Gasteiger partial charge in [0.05, 0.1) is 17.7 Å². The van der Waals surface area contributed by atoms with Crippen molar-refractivity contribution in [2.24, 2.45) is 0 Å². The van der Waals surface area contributed by atoms with Gasteiger partial charge >= 0.3 is 17.9 Å².